The average Bonchev–Trinajstić information content (AvgIpc) is 2.72. The monoisotopic (exact) mass is 201 g/mol. The Morgan fingerprint density at radius 1 is 1.62 bits per heavy atom. The van der Waals surface area contributed by atoms with Crippen molar-refractivity contribution in [1.29, 1.82) is 0 Å². The Hall–Kier alpha value is -0.220. The molecule has 1 spiro atoms. The Kier molecular flexibility index (Phi) is 2.07. The van der Waals surface area contributed by atoms with Gasteiger partial charge in [0.25, 0.3) is 0 Å². The molecule has 13 heavy (non-hydrogen) atoms. The number of esters is 1. The Bertz CT molecular complexity index is 238. The van der Waals surface area contributed by atoms with Gasteiger partial charge in [-0.3, -0.25) is 4.79 Å². The van der Waals surface area contributed by atoms with E-state index in [-0.39, 0.29) is 11.4 Å². The molecule has 2 N–H and O–H groups in total. The van der Waals surface area contributed by atoms with Gasteiger partial charge in [-0.15, -0.1) is 0 Å². The first kappa shape index (κ1) is 9.34. The molecule has 1 saturated heterocycles. The Morgan fingerprint density at radius 3 is 2.92 bits per heavy atom. The van der Waals surface area contributed by atoms with Crippen molar-refractivity contribution < 1.29 is 9.53 Å². The lowest BCUT2D eigenvalue weighted by atomic mass is 9.96. The number of carbonyl (C=O) groups excluding carboxylic acids is 1. The first-order chi connectivity index (χ1) is 6.15. The van der Waals surface area contributed by atoms with Gasteiger partial charge in [0.05, 0.1) is 7.11 Å². The minimum atomic E-state index is -0.658. The van der Waals surface area contributed by atoms with Gasteiger partial charge in [-0.1, -0.05) is 0 Å². The summed E-state index contributed by atoms with van der Waals surface area (Å²) in [6.07, 6.45) is 3.09. The number of hydrogen-bond acceptors (Lipinski definition) is 4. The zero-order valence-electron chi connectivity index (χ0n) is 7.84. The SMILES string of the molecule is COC(=O)C1(N)CC12CCCSC2. The molecule has 3 nitrogen and oxygen atoms in total. The number of nitrogens with two attached hydrogens (primary N) is 1. The predicted molar refractivity (Wildman–Crippen MR) is 52.5 cm³/mol. The van der Waals surface area contributed by atoms with Crippen LogP contribution < -0.4 is 5.73 Å². The van der Waals surface area contributed by atoms with Crippen LogP contribution in [0.25, 0.3) is 0 Å². The summed E-state index contributed by atoms with van der Waals surface area (Å²) in [4.78, 5) is 11.4. The number of rotatable bonds is 1. The van der Waals surface area contributed by atoms with Crippen molar-refractivity contribution in [3.63, 3.8) is 0 Å². The average molecular weight is 201 g/mol. The molecule has 74 valence electrons. The Labute approximate surface area is 82.4 Å². The molecule has 4 heteroatoms. The van der Waals surface area contributed by atoms with Crippen LogP contribution in [-0.4, -0.2) is 30.1 Å². The fourth-order valence-corrected chi connectivity index (χ4v) is 3.69. The van der Waals surface area contributed by atoms with Crippen LogP contribution in [-0.2, 0) is 9.53 Å². The van der Waals surface area contributed by atoms with Crippen molar-refractivity contribution >= 4 is 17.7 Å². The zero-order chi connectivity index (χ0) is 9.53. The third-order valence-electron chi connectivity index (χ3n) is 3.31. The second-order valence-corrected chi connectivity index (χ2v) is 5.18. The van der Waals surface area contributed by atoms with Gasteiger partial charge in [0, 0.05) is 11.2 Å². The predicted octanol–water partition coefficient (Wildman–Crippen LogP) is 0.774. The van der Waals surface area contributed by atoms with Gasteiger partial charge >= 0.3 is 5.97 Å². The van der Waals surface area contributed by atoms with Crippen LogP contribution in [0.2, 0.25) is 0 Å². The topological polar surface area (TPSA) is 52.3 Å². The quantitative estimate of drug-likeness (QED) is 0.637. The van der Waals surface area contributed by atoms with Crippen molar-refractivity contribution in [2.45, 2.75) is 24.8 Å². The summed E-state index contributed by atoms with van der Waals surface area (Å²) >= 11 is 1.91. The number of hydrogen-bond donors (Lipinski definition) is 1. The molecular formula is C9H15NO2S. The van der Waals surface area contributed by atoms with Crippen LogP contribution in [0.15, 0.2) is 0 Å². The maximum atomic E-state index is 11.4. The first-order valence-electron chi connectivity index (χ1n) is 4.60. The molecule has 0 radical (unpaired) electrons. The molecule has 2 aliphatic rings. The third kappa shape index (κ3) is 1.19. The number of thioether (sulfide) groups is 1. The molecule has 0 aromatic carbocycles. The molecule has 2 rings (SSSR count). The van der Waals surface area contributed by atoms with Gasteiger partial charge in [-0.05, 0) is 25.0 Å². The lowest BCUT2D eigenvalue weighted by molar-refractivity contribution is -0.144. The highest BCUT2D eigenvalue weighted by atomic mass is 32.2. The molecule has 2 fully saturated rings. The first-order valence-corrected chi connectivity index (χ1v) is 5.75. The van der Waals surface area contributed by atoms with E-state index in [1.165, 1.54) is 19.3 Å². The van der Waals surface area contributed by atoms with E-state index in [1.807, 2.05) is 11.8 Å². The van der Waals surface area contributed by atoms with E-state index in [1.54, 1.807) is 0 Å². The van der Waals surface area contributed by atoms with Crippen LogP contribution in [0.5, 0.6) is 0 Å². The van der Waals surface area contributed by atoms with Gasteiger partial charge in [0.2, 0.25) is 0 Å². The molecule has 0 aromatic rings. The molecule has 0 aromatic heterocycles. The van der Waals surface area contributed by atoms with E-state index in [9.17, 15) is 4.79 Å². The summed E-state index contributed by atoms with van der Waals surface area (Å²) in [5.74, 6) is 2.01. The Balaban J connectivity index is 2.09. The lowest BCUT2D eigenvalue weighted by Gasteiger charge is -2.24. The highest BCUT2D eigenvalue weighted by Crippen LogP contribution is 2.61. The van der Waals surface area contributed by atoms with Crippen molar-refractivity contribution in [3.8, 4) is 0 Å². The summed E-state index contributed by atoms with van der Waals surface area (Å²) in [6.45, 7) is 0. The summed E-state index contributed by atoms with van der Waals surface area (Å²) < 4.78 is 4.73. The fourth-order valence-electron chi connectivity index (χ4n) is 2.30. The van der Waals surface area contributed by atoms with Crippen LogP contribution in [0.4, 0.5) is 0 Å². The fraction of sp³-hybridized carbons (Fsp3) is 0.889. The number of carbonyl (C=O) groups is 1. The maximum absolute atomic E-state index is 11.4. The number of methoxy groups -OCH3 is 1. The maximum Gasteiger partial charge on any atom is 0.326 e. The van der Waals surface area contributed by atoms with Crippen molar-refractivity contribution in [1.82, 2.24) is 0 Å². The molecule has 2 atom stereocenters. The molecule has 0 bridgehead atoms. The van der Waals surface area contributed by atoms with Crippen LogP contribution in [0, 0.1) is 5.41 Å². The van der Waals surface area contributed by atoms with Crippen molar-refractivity contribution in [3.05, 3.63) is 0 Å². The van der Waals surface area contributed by atoms with E-state index in [0.29, 0.717) is 0 Å². The van der Waals surface area contributed by atoms with Gasteiger partial charge in [0.15, 0.2) is 0 Å². The van der Waals surface area contributed by atoms with Gasteiger partial charge in [-0.2, -0.15) is 11.8 Å². The highest BCUT2D eigenvalue weighted by Gasteiger charge is 2.70. The van der Waals surface area contributed by atoms with E-state index < -0.39 is 5.54 Å². The lowest BCUT2D eigenvalue weighted by Crippen LogP contribution is -2.42. The molecule has 1 aliphatic carbocycles. The summed E-state index contributed by atoms with van der Waals surface area (Å²) in [6, 6.07) is 0. The molecule has 2 unspecified atom stereocenters. The van der Waals surface area contributed by atoms with Crippen LogP contribution >= 0.6 is 11.8 Å². The van der Waals surface area contributed by atoms with Gasteiger partial charge in [-0.25, -0.2) is 0 Å². The summed E-state index contributed by atoms with van der Waals surface area (Å²) in [7, 11) is 1.42. The zero-order valence-corrected chi connectivity index (χ0v) is 8.65. The highest BCUT2D eigenvalue weighted by molar-refractivity contribution is 7.99. The van der Waals surface area contributed by atoms with Gasteiger partial charge < -0.3 is 10.5 Å². The summed E-state index contributed by atoms with van der Waals surface area (Å²) in [5, 5.41) is 0. The number of ether oxygens (including phenoxy) is 1. The smallest absolute Gasteiger partial charge is 0.326 e. The van der Waals surface area contributed by atoms with E-state index in [2.05, 4.69) is 0 Å². The van der Waals surface area contributed by atoms with Crippen LogP contribution in [0.1, 0.15) is 19.3 Å². The normalized spacial score (nSPS) is 43.2. The van der Waals surface area contributed by atoms with Gasteiger partial charge in [0.1, 0.15) is 5.54 Å². The van der Waals surface area contributed by atoms with Crippen LogP contribution in [0.3, 0.4) is 0 Å². The molecular weight excluding hydrogens is 186 g/mol. The second-order valence-electron chi connectivity index (χ2n) is 4.08. The second kappa shape index (κ2) is 2.89. The standard InChI is InChI=1S/C9H15NO2S/c1-12-7(11)9(10)5-8(9)3-2-4-13-6-8/h2-6,10H2,1H3. The van der Waals surface area contributed by atoms with Crippen molar-refractivity contribution in [2.75, 3.05) is 18.6 Å². The third-order valence-corrected chi connectivity index (χ3v) is 4.64. The van der Waals surface area contributed by atoms with E-state index in [4.69, 9.17) is 10.5 Å². The minimum Gasteiger partial charge on any atom is -0.468 e. The molecule has 0 amide bonds. The molecule has 1 saturated carbocycles. The molecule has 1 aliphatic heterocycles. The summed E-state index contributed by atoms with van der Waals surface area (Å²) in [5.41, 5.74) is 5.44. The van der Waals surface area contributed by atoms with Crippen molar-refractivity contribution in [2.24, 2.45) is 11.1 Å². The van der Waals surface area contributed by atoms with E-state index >= 15 is 0 Å². The molecule has 1 heterocycles. The Morgan fingerprint density at radius 2 is 2.38 bits per heavy atom. The minimum absolute atomic E-state index is 0.0724. The largest absolute Gasteiger partial charge is 0.468 e. The van der Waals surface area contributed by atoms with E-state index in [0.717, 1.165) is 18.6 Å².